The number of methoxy groups -OCH3 is 1. The Labute approximate surface area is 165 Å². The van der Waals surface area contributed by atoms with Crippen molar-refractivity contribution in [3.63, 3.8) is 0 Å². The summed E-state index contributed by atoms with van der Waals surface area (Å²) in [6.45, 7) is 5.79. The molecule has 1 atom stereocenters. The zero-order valence-corrected chi connectivity index (χ0v) is 16.6. The first-order valence-corrected chi connectivity index (χ1v) is 9.61. The van der Waals surface area contributed by atoms with Crippen LogP contribution in [0.5, 0.6) is 5.75 Å². The van der Waals surface area contributed by atoms with Crippen molar-refractivity contribution >= 4 is 23.2 Å². The van der Waals surface area contributed by atoms with E-state index in [2.05, 4.69) is 15.1 Å². The molecule has 1 aliphatic rings. The molecule has 3 rings (SSSR count). The highest BCUT2D eigenvalue weighted by Gasteiger charge is 2.26. The van der Waals surface area contributed by atoms with E-state index < -0.39 is 0 Å². The van der Waals surface area contributed by atoms with Crippen molar-refractivity contribution in [1.29, 1.82) is 0 Å². The zero-order valence-electron chi connectivity index (χ0n) is 15.8. The van der Waals surface area contributed by atoms with E-state index in [0.29, 0.717) is 6.54 Å². The van der Waals surface area contributed by atoms with Gasteiger partial charge in [-0.3, -0.25) is 9.69 Å². The number of carbonyl (C=O) groups is 1. The summed E-state index contributed by atoms with van der Waals surface area (Å²) < 4.78 is 5.34. The molecular weight excluding hydrogens is 362 g/mol. The second kappa shape index (κ2) is 9.11. The molecule has 0 unspecified atom stereocenters. The fourth-order valence-corrected chi connectivity index (χ4v) is 3.66. The van der Waals surface area contributed by atoms with Crippen molar-refractivity contribution in [2.75, 3.05) is 38.2 Å². The molecule has 1 fully saturated rings. The molecule has 0 aromatic heterocycles. The lowest BCUT2D eigenvalue weighted by Gasteiger charge is -2.38. The zero-order chi connectivity index (χ0) is 19.2. The molecule has 1 aliphatic heterocycles. The molecule has 0 aliphatic carbocycles. The average Bonchev–Trinajstić information content (AvgIpc) is 2.72. The van der Waals surface area contributed by atoms with Crippen molar-refractivity contribution in [3.05, 3.63) is 59.1 Å². The van der Waals surface area contributed by atoms with Gasteiger partial charge in [-0.2, -0.15) is 0 Å². The fourth-order valence-electron chi connectivity index (χ4n) is 3.40. The van der Waals surface area contributed by atoms with E-state index in [9.17, 15) is 4.79 Å². The molecule has 0 bridgehead atoms. The molecule has 2 aromatic rings. The van der Waals surface area contributed by atoms with Gasteiger partial charge in [-0.05, 0) is 25.1 Å². The Morgan fingerprint density at radius 1 is 1.11 bits per heavy atom. The maximum atomic E-state index is 12.6. The van der Waals surface area contributed by atoms with Gasteiger partial charge < -0.3 is 15.0 Å². The van der Waals surface area contributed by atoms with Crippen LogP contribution >= 0.6 is 11.6 Å². The average molecular weight is 388 g/mol. The van der Waals surface area contributed by atoms with Gasteiger partial charge in [-0.25, -0.2) is 0 Å². The minimum atomic E-state index is -0.173. The molecule has 5 nitrogen and oxygen atoms in total. The molecular formula is C21H26ClN3O2. The number of hydrogen-bond acceptors (Lipinski definition) is 4. The highest BCUT2D eigenvalue weighted by atomic mass is 35.5. The summed E-state index contributed by atoms with van der Waals surface area (Å²) in [5.41, 5.74) is 2.04. The molecule has 144 valence electrons. The van der Waals surface area contributed by atoms with Gasteiger partial charge in [0.05, 0.1) is 23.9 Å². The maximum Gasteiger partial charge on any atom is 0.237 e. The van der Waals surface area contributed by atoms with Crippen molar-refractivity contribution in [2.24, 2.45) is 0 Å². The van der Waals surface area contributed by atoms with E-state index in [1.54, 1.807) is 7.11 Å². The predicted molar refractivity (Wildman–Crippen MR) is 110 cm³/mol. The van der Waals surface area contributed by atoms with Crippen molar-refractivity contribution in [1.82, 2.24) is 10.2 Å². The van der Waals surface area contributed by atoms with Crippen LogP contribution in [0, 0.1) is 0 Å². The summed E-state index contributed by atoms with van der Waals surface area (Å²) in [4.78, 5) is 17.1. The lowest BCUT2D eigenvalue weighted by atomic mass is 10.1. The number of halogens is 1. The molecule has 6 heteroatoms. The SMILES string of the molecule is COc1ccccc1CNC(=O)[C@H](C)N1CCN(c2ccccc2Cl)CC1. The number of rotatable bonds is 6. The Kier molecular flexibility index (Phi) is 6.58. The Morgan fingerprint density at radius 3 is 2.48 bits per heavy atom. The van der Waals surface area contributed by atoms with Crippen LogP contribution < -0.4 is 15.0 Å². The van der Waals surface area contributed by atoms with Gasteiger partial charge in [0.2, 0.25) is 5.91 Å². The first-order valence-electron chi connectivity index (χ1n) is 9.23. The molecule has 1 saturated heterocycles. The van der Waals surface area contributed by atoms with E-state index >= 15 is 0 Å². The molecule has 1 N–H and O–H groups in total. The normalized spacial score (nSPS) is 16.0. The lowest BCUT2D eigenvalue weighted by Crippen LogP contribution is -2.53. The van der Waals surface area contributed by atoms with Crippen molar-refractivity contribution in [2.45, 2.75) is 19.5 Å². The largest absolute Gasteiger partial charge is 0.496 e. The number of ether oxygens (including phenoxy) is 1. The molecule has 0 saturated carbocycles. The minimum Gasteiger partial charge on any atom is -0.496 e. The fraction of sp³-hybridized carbons (Fsp3) is 0.381. The number of anilines is 1. The van der Waals surface area contributed by atoms with E-state index in [0.717, 1.165) is 48.2 Å². The van der Waals surface area contributed by atoms with Crippen LogP contribution in [-0.4, -0.2) is 50.1 Å². The monoisotopic (exact) mass is 387 g/mol. The summed E-state index contributed by atoms with van der Waals surface area (Å²) in [5.74, 6) is 0.825. The van der Waals surface area contributed by atoms with E-state index in [1.807, 2.05) is 55.5 Å². The molecule has 0 spiro atoms. The number of nitrogens with one attached hydrogen (secondary N) is 1. The van der Waals surface area contributed by atoms with Crippen LogP contribution in [0.4, 0.5) is 5.69 Å². The van der Waals surface area contributed by atoms with Gasteiger partial charge in [0, 0.05) is 38.3 Å². The van der Waals surface area contributed by atoms with Gasteiger partial charge in [-0.1, -0.05) is 41.9 Å². The van der Waals surface area contributed by atoms with E-state index in [4.69, 9.17) is 16.3 Å². The van der Waals surface area contributed by atoms with Crippen LogP contribution in [0.25, 0.3) is 0 Å². The van der Waals surface area contributed by atoms with Gasteiger partial charge in [0.15, 0.2) is 0 Å². The Bertz CT molecular complexity index is 776. The standard InChI is InChI=1S/C21H26ClN3O2/c1-16(21(26)23-15-17-7-3-6-10-20(17)27-2)24-11-13-25(14-12-24)19-9-5-4-8-18(19)22/h3-10,16H,11-15H2,1-2H3,(H,23,26)/t16-/m0/s1. The Morgan fingerprint density at radius 2 is 1.78 bits per heavy atom. The summed E-state index contributed by atoms with van der Waals surface area (Å²) in [6, 6.07) is 15.5. The lowest BCUT2D eigenvalue weighted by molar-refractivity contribution is -0.126. The first kappa shape index (κ1) is 19.5. The summed E-state index contributed by atoms with van der Waals surface area (Å²) in [7, 11) is 1.64. The van der Waals surface area contributed by atoms with Crippen molar-refractivity contribution in [3.8, 4) is 5.75 Å². The van der Waals surface area contributed by atoms with Gasteiger partial charge in [0.1, 0.15) is 5.75 Å². The second-order valence-electron chi connectivity index (χ2n) is 6.68. The maximum absolute atomic E-state index is 12.6. The third-order valence-corrected chi connectivity index (χ3v) is 5.40. The van der Waals surface area contributed by atoms with Gasteiger partial charge in [0.25, 0.3) is 0 Å². The van der Waals surface area contributed by atoms with E-state index in [1.165, 1.54) is 0 Å². The van der Waals surface area contributed by atoms with Crippen LogP contribution in [-0.2, 0) is 11.3 Å². The van der Waals surface area contributed by atoms with Gasteiger partial charge in [-0.15, -0.1) is 0 Å². The number of carbonyl (C=O) groups excluding carboxylic acids is 1. The minimum absolute atomic E-state index is 0.0344. The molecule has 27 heavy (non-hydrogen) atoms. The quantitative estimate of drug-likeness (QED) is 0.826. The Balaban J connectivity index is 1.52. The summed E-state index contributed by atoms with van der Waals surface area (Å²) in [6.07, 6.45) is 0. The Hall–Kier alpha value is -2.24. The third kappa shape index (κ3) is 4.73. The number of piperazine rings is 1. The third-order valence-electron chi connectivity index (χ3n) is 5.08. The molecule has 1 heterocycles. The van der Waals surface area contributed by atoms with Crippen LogP contribution in [0.1, 0.15) is 12.5 Å². The molecule has 1 amide bonds. The molecule has 0 radical (unpaired) electrons. The number of benzene rings is 2. The van der Waals surface area contributed by atoms with Gasteiger partial charge >= 0.3 is 0 Å². The molecule has 2 aromatic carbocycles. The van der Waals surface area contributed by atoms with Crippen LogP contribution in [0.2, 0.25) is 5.02 Å². The summed E-state index contributed by atoms with van der Waals surface area (Å²) >= 11 is 6.30. The predicted octanol–water partition coefficient (Wildman–Crippen LogP) is 3.18. The van der Waals surface area contributed by atoms with Crippen LogP contribution in [0.15, 0.2) is 48.5 Å². The van der Waals surface area contributed by atoms with Crippen LogP contribution in [0.3, 0.4) is 0 Å². The number of amides is 1. The first-order chi connectivity index (χ1) is 13.1. The van der Waals surface area contributed by atoms with Crippen molar-refractivity contribution < 1.29 is 9.53 Å². The van der Waals surface area contributed by atoms with E-state index in [-0.39, 0.29) is 11.9 Å². The smallest absolute Gasteiger partial charge is 0.237 e. The number of hydrogen-bond donors (Lipinski definition) is 1. The summed E-state index contributed by atoms with van der Waals surface area (Å²) in [5, 5.41) is 3.80. The highest BCUT2D eigenvalue weighted by Crippen LogP contribution is 2.26. The number of nitrogens with zero attached hydrogens (tertiary/aromatic N) is 2. The highest BCUT2D eigenvalue weighted by molar-refractivity contribution is 6.33. The second-order valence-corrected chi connectivity index (χ2v) is 7.09. The number of para-hydroxylation sites is 2. The topological polar surface area (TPSA) is 44.8 Å².